The van der Waals surface area contributed by atoms with Crippen LogP contribution in [0.2, 0.25) is 0 Å². The number of carbonyl (C=O) groups is 2. The van der Waals surface area contributed by atoms with E-state index in [4.69, 9.17) is 16.3 Å². The number of aromatic nitrogens is 1. The zero-order chi connectivity index (χ0) is 21.3. The summed E-state index contributed by atoms with van der Waals surface area (Å²) in [5.41, 5.74) is 0.428. The Kier molecular flexibility index (Phi) is 9.04. The van der Waals surface area contributed by atoms with Crippen LogP contribution in [0.3, 0.4) is 0 Å². The first-order chi connectivity index (χ1) is 13.1. The lowest BCUT2D eigenvalue weighted by Crippen LogP contribution is -2.31. The number of nitrogens with zero attached hydrogens (tertiary/aromatic N) is 1. The van der Waals surface area contributed by atoms with Crippen LogP contribution < -0.4 is 10.6 Å². The Morgan fingerprint density at radius 2 is 2.00 bits per heavy atom. The quantitative estimate of drug-likeness (QED) is 0.456. The number of amides is 2. The highest BCUT2D eigenvalue weighted by Gasteiger charge is 2.14. The van der Waals surface area contributed by atoms with Crippen LogP contribution >= 0.6 is 11.6 Å². The Morgan fingerprint density at radius 3 is 2.64 bits per heavy atom. The number of halogens is 3. The number of hydrogen-bond donors (Lipinski definition) is 2. The Bertz CT molecular complexity index is 838. The van der Waals surface area contributed by atoms with Gasteiger partial charge in [-0.3, -0.25) is 9.59 Å². The van der Waals surface area contributed by atoms with Crippen LogP contribution in [0.5, 0.6) is 0 Å². The summed E-state index contributed by atoms with van der Waals surface area (Å²) in [5, 5.41) is 4.62. The molecular formula is C19H20ClF2N3O3. The summed E-state index contributed by atoms with van der Waals surface area (Å²) >= 11 is 5.35. The number of allylic oxidation sites excluding steroid dienone is 3. The first-order valence-corrected chi connectivity index (χ1v) is 8.40. The minimum atomic E-state index is -0.821. The average Bonchev–Trinajstić information content (AvgIpc) is 2.61. The molecular weight excluding hydrogens is 392 g/mol. The van der Waals surface area contributed by atoms with Crippen molar-refractivity contribution in [1.82, 2.24) is 15.6 Å². The summed E-state index contributed by atoms with van der Waals surface area (Å²) in [7, 11) is 0. The van der Waals surface area contributed by atoms with E-state index in [1.165, 1.54) is 6.07 Å². The molecule has 0 saturated heterocycles. The molecule has 2 amide bonds. The van der Waals surface area contributed by atoms with Gasteiger partial charge in [0.25, 0.3) is 11.8 Å². The highest BCUT2D eigenvalue weighted by molar-refractivity contribution is 6.31. The number of nitrogens with one attached hydrogen (secondary N) is 2. The molecule has 0 spiro atoms. The van der Waals surface area contributed by atoms with Gasteiger partial charge in [-0.15, -0.1) is 0 Å². The molecule has 1 rings (SSSR count). The van der Waals surface area contributed by atoms with E-state index in [0.717, 1.165) is 12.1 Å². The van der Waals surface area contributed by atoms with E-state index >= 15 is 0 Å². The van der Waals surface area contributed by atoms with Gasteiger partial charge in [-0.2, -0.15) is 0 Å². The largest absolute Gasteiger partial charge is 0.484 e. The first kappa shape index (κ1) is 23.0. The normalized spacial score (nSPS) is 10.8. The molecule has 0 aliphatic rings. The molecule has 0 aliphatic heterocycles. The van der Waals surface area contributed by atoms with Crippen molar-refractivity contribution in [1.29, 1.82) is 0 Å². The molecule has 1 aromatic heterocycles. The molecule has 1 heterocycles. The molecule has 0 unspecified atom stereocenters. The van der Waals surface area contributed by atoms with Crippen molar-refractivity contribution in [2.45, 2.75) is 13.3 Å². The van der Waals surface area contributed by atoms with Crippen molar-refractivity contribution in [2.75, 3.05) is 13.2 Å². The minimum Gasteiger partial charge on any atom is -0.484 e. The molecule has 1 aromatic rings. The summed E-state index contributed by atoms with van der Waals surface area (Å²) in [6.07, 6.45) is 1.10. The lowest BCUT2D eigenvalue weighted by molar-refractivity contribution is -0.124. The molecule has 0 saturated carbocycles. The maximum absolute atomic E-state index is 13.6. The van der Waals surface area contributed by atoms with Gasteiger partial charge in [0.15, 0.2) is 18.1 Å². The van der Waals surface area contributed by atoms with Crippen molar-refractivity contribution in [3.8, 4) is 0 Å². The molecule has 2 N–H and O–H groups in total. The number of hydrogen-bond acceptors (Lipinski definition) is 4. The van der Waals surface area contributed by atoms with E-state index in [2.05, 4.69) is 35.4 Å². The van der Waals surface area contributed by atoms with Crippen molar-refractivity contribution >= 4 is 23.4 Å². The Hall–Kier alpha value is -3.00. The van der Waals surface area contributed by atoms with Gasteiger partial charge in [0.1, 0.15) is 11.6 Å². The van der Waals surface area contributed by atoms with Crippen molar-refractivity contribution in [2.24, 2.45) is 0 Å². The van der Waals surface area contributed by atoms with Gasteiger partial charge in [0.2, 0.25) is 0 Å². The van der Waals surface area contributed by atoms with Gasteiger partial charge in [-0.1, -0.05) is 31.3 Å². The van der Waals surface area contributed by atoms with Gasteiger partial charge in [0.05, 0.1) is 5.03 Å². The van der Waals surface area contributed by atoms with E-state index in [1.54, 1.807) is 6.92 Å². The molecule has 0 fully saturated rings. The van der Waals surface area contributed by atoms with E-state index < -0.39 is 30.1 Å². The first-order valence-electron chi connectivity index (χ1n) is 8.02. The average molecular weight is 412 g/mol. The van der Waals surface area contributed by atoms with Gasteiger partial charge in [-0.05, 0) is 19.1 Å². The second-order valence-corrected chi connectivity index (χ2v) is 6.05. The Morgan fingerprint density at radius 1 is 1.32 bits per heavy atom. The van der Waals surface area contributed by atoms with Crippen molar-refractivity contribution in [3.05, 3.63) is 77.5 Å². The monoisotopic (exact) mass is 411 g/mol. The van der Waals surface area contributed by atoms with Crippen molar-refractivity contribution in [3.63, 3.8) is 0 Å². The molecule has 9 heteroatoms. The summed E-state index contributed by atoms with van der Waals surface area (Å²) < 4.78 is 31.8. The standard InChI is InChI=1S/C19H20ClF2N3O3/c1-11-5-6-15(21)18(24-11)19(27)25-12(2)7-8-23-17(26)10-28-13(3)9-16(22)14(4)20/h5-6,9H,2-4,7-8,10H2,1H3,(H,23,26)(H,25,27)/b16-9+. The lowest BCUT2D eigenvalue weighted by Gasteiger charge is -2.10. The maximum atomic E-state index is 13.6. The Balaban J connectivity index is 2.36. The third kappa shape index (κ3) is 8.13. The van der Waals surface area contributed by atoms with Crippen LogP contribution in [-0.4, -0.2) is 29.9 Å². The van der Waals surface area contributed by atoms with Crippen LogP contribution in [-0.2, 0) is 9.53 Å². The third-order valence-electron chi connectivity index (χ3n) is 3.18. The van der Waals surface area contributed by atoms with Crippen LogP contribution in [0, 0.1) is 12.7 Å². The minimum absolute atomic E-state index is 0.0983. The predicted octanol–water partition coefficient (Wildman–Crippen LogP) is 3.42. The van der Waals surface area contributed by atoms with Crippen LogP contribution in [0.1, 0.15) is 22.6 Å². The molecule has 0 aliphatic carbocycles. The fourth-order valence-corrected chi connectivity index (χ4v) is 1.86. The summed E-state index contributed by atoms with van der Waals surface area (Å²) in [5.74, 6) is -2.89. The molecule has 6 nitrogen and oxygen atoms in total. The highest BCUT2D eigenvalue weighted by atomic mass is 35.5. The predicted molar refractivity (Wildman–Crippen MR) is 102 cm³/mol. The Labute approximate surface area is 166 Å². The summed E-state index contributed by atoms with van der Waals surface area (Å²) in [4.78, 5) is 27.5. The smallest absolute Gasteiger partial charge is 0.277 e. The second kappa shape index (κ2) is 11.0. The van der Waals surface area contributed by atoms with Gasteiger partial charge >= 0.3 is 0 Å². The number of ether oxygens (including phenoxy) is 1. The van der Waals surface area contributed by atoms with E-state index in [-0.39, 0.29) is 35.1 Å². The van der Waals surface area contributed by atoms with Gasteiger partial charge in [0, 0.05) is 30.4 Å². The van der Waals surface area contributed by atoms with Gasteiger partial charge < -0.3 is 15.4 Å². The molecule has 150 valence electrons. The third-order valence-corrected chi connectivity index (χ3v) is 3.36. The number of pyridine rings is 1. The summed E-state index contributed by atoms with van der Waals surface area (Å²) in [6.45, 7) is 11.6. The van der Waals surface area contributed by atoms with E-state index in [0.29, 0.717) is 5.69 Å². The van der Waals surface area contributed by atoms with E-state index in [1.807, 2.05) is 0 Å². The number of aryl methyl sites for hydroxylation is 1. The van der Waals surface area contributed by atoms with Crippen LogP contribution in [0.25, 0.3) is 0 Å². The molecule has 0 aromatic carbocycles. The zero-order valence-electron chi connectivity index (χ0n) is 15.3. The highest BCUT2D eigenvalue weighted by Crippen LogP contribution is 2.15. The van der Waals surface area contributed by atoms with Crippen LogP contribution in [0.15, 0.2) is 60.3 Å². The molecule has 0 radical (unpaired) electrons. The fraction of sp³-hybridized carbons (Fsp3) is 0.211. The maximum Gasteiger partial charge on any atom is 0.277 e. The summed E-state index contributed by atoms with van der Waals surface area (Å²) in [6, 6.07) is 2.60. The SMILES string of the molecule is C=C(CCNC(=O)COC(=C)/C=C(/F)C(=C)Cl)NC(=O)c1nc(C)ccc1F. The molecule has 0 bridgehead atoms. The van der Waals surface area contributed by atoms with Crippen molar-refractivity contribution < 1.29 is 23.1 Å². The van der Waals surface area contributed by atoms with Gasteiger partial charge in [-0.25, -0.2) is 13.8 Å². The van der Waals surface area contributed by atoms with Crippen LogP contribution in [0.4, 0.5) is 8.78 Å². The molecule has 28 heavy (non-hydrogen) atoms. The second-order valence-electron chi connectivity index (χ2n) is 5.59. The topological polar surface area (TPSA) is 80.3 Å². The fourth-order valence-electron chi connectivity index (χ4n) is 1.80. The number of carbonyl (C=O) groups excluding carboxylic acids is 2. The molecule has 0 atom stereocenters. The van der Waals surface area contributed by atoms with E-state index in [9.17, 15) is 18.4 Å². The number of rotatable bonds is 10. The zero-order valence-corrected chi connectivity index (χ0v) is 16.0. The lowest BCUT2D eigenvalue weighted by atomic mass is 10.2.